The van der Waals surface area contributed by atoms with Crippen LogP contribution in [-0.2, 0) is 4.79 Å². The standard InChI is InChI=1S/C14H19BrN2O/c1-9(10-4-6-12(15)7-5-10)17-14(18)8-13(16)11-2-3-11/h4-7,9,11,13H,2-3,8,16H2,1H3,(H,17,18)/t9-,13?/m0/s1. The lowest BCUT2D eigenvalue weighted by Gasteiger charge is -2.16. The number of hydrogen-bond acceptors (Lipinski definition) is 2. The number of amides is 1. The molecule has 2 rings (SSSR count). The van der Waals surface area contributed by atoms with Crippen LogP contribution in [0.15, 0.2) is 28.7 Å². The first-order valence-corrected chi connectivity index (χ1v) is 7.16. The maximum absolute atomic E-state index is 11.8. The van der Waals surface area contributed by atoms with Crippen molar-refractivity contribution < 1.29 is 4.79 Å². The minimum Gasteiger partial charge on any atom is -0.350 e. The number of hydrogen-bond donors (Lipinski definition) is 2. The summed E-state index contributed by atoms with van der Waals surface area (Å²) in [7, 11) is 0. The molecule has 4 heteroatoms. The van der Waals surface area contributed by atoms with Crippen LogP contribution in [0.3, 0.4) is 0 Å². The molecule has 0 radical (unpaired) electrons. The van der Waals surface area contributed by atoms with E-state index in [0.717, 1.165) is 10.0 Å². The highest BCUT2D eigenvalue weighted by atomic mass is 79.9. The van der Waals surface area contributed by atoms with Gasteiger partial charge in [0.15, 0.2) is 0 Å². The Morgan fingerprint density at radius 3 is 2.61 bits per heavy atom. The monoisotopic (exact) mass is 310 g/mol. The second-order valence-corrected chi connectivity index (χ2v) is 5.96. The summed E-state index contributed by atoms with van der Waals surface area (Å²) in [6.45, 7) is 1.99. The smallest absolute Gasteiger partial charge is 0.222 e. The lowest BCUT2D eigenvalue weighted by Crippen LogP contribution is -2.34. The van der Waals surface area contributed by atoms with E-state index < -0.39 is 0 Å². The molecule has 0 aliphatic heterocycles. The number of nitrogens with one attached hydrogen (secondary N) is 1. The minimum absolute atomic E-state index is 0.0250. The molecule has 1 fully saturated rings. The van der Waals surface area contributed by atoms with Crippen LogP contribution in [-0.4, -0.2) is 11.9 Å². The Kier molecular flexibility index (Phi) is 4.40. The van der Waals surface area contributed by atoms with Gasteiger partial charge in [0.05, 0.1) is 6.04 Å². The van der Waals surface area contributed by atoms with Gasteiger partial charge in [-0.3, -0.25) is 4.79 Å². The Morgan fingerprint density at radius 1 is 1.44 bits per heavy atom. The molecule has 98 valence electrons. The van der Waals surface area contributed by atoms with E-state index in [1.807, 2.05) is 31.2 Å². The first-order valence-electron chi connectivity index (χ1n) is 6.36. The molecule has 0 spiro atoms. The largest absolute Gasteiger partial charge is 0.350 e. The third-order valence-corrected chi connectivity index (χ3v) is 3.92. The lowest BCUT2D eigenvalue weighted by atomic mass is 10.1. The maximum Gasteiger partial charge on any atom is 0.222 e. The first-order chi connectivity index (χ1) is 8.56. The topological polar surface area (TPSA) is 55.1 Å². The van der Waals surface area contributed by atoms with Crippen molar-refractivity contribution in [3.8, 4) is 0 Å². The molecule has 1 amide bonds. The van der Waals surface area contributed by atoms with Crippen molar-refractivity contribution in [2.45, 2.75) is 38.3 Å². The molecule has 0 bridgehead atoms. The Morgan fingerprint density at radius 2 is 2.06 bits per heavy atom. The van der Waals surface area contributed by atoms with Crippen LogP contribution in [0.25, 0.3) is 0 Å². The van der Waals surface area contributed by atoms with Gasteiger partial charge in [-0.05, 0) is 43.4 Å². The molecule has 0 aromatic heterocycles. The molecule has 1 aliphatic rings. The summed E-state index contributed by atoms with van der Waals surface area (Å²) in [5.41, 5.74) is 7.05. The van der Waals surface area contributed by atoms with E-state index >= 15 is 0 Å². The number of carbonyl (C=O) groups excluding carboxylic acids is 1. The van der Waals surface area contributed by atoms with Gasteiger partial charge < -0.3 is 11.1 Å². The normalized spacial score (nSPS) is 18.2. The van der Waals surface area contributed by atoms with E-state index in [1.165, 1.54) is 12.8 Å². The van der Waals surface area contributed by atoms with Crippen molar-refractivity contribution in [2.24, 2.45) is 11.7 Å². The average molecular weight is 311 g/mol. The fraction of sp³-hybridized carbons (Fsp3) is 0.500. The predicted molar refractivity (Wildman–Crippen MR) is 76.0 cm³/mol. The van der Waals surface area contributed by atoms with Crippen molar-refractivity contribution in [3.05, 3.63) is 34.3 Å². The fourth-order valence-electron chi connectivity index (χ4n) is 2.04. The third kappa shape index (κ3) is 3.82. The molecule has 1 aromatic rings. The Hall–Kier alpha value is -0.870. The molecule has 1 saturated carbocycles. The van der Waals surface area contributed by atoms with E-state index in [-0.39, 0.29) is 18.0 Å². The zero-order valence-corrected chi connectivity index (χ0v) is 12.1. The Balaban J connectivity index is 1.84. The zero-order valence-electron chi connectivity index (χ0n) is 10.5. The van der Waals surface area contributed by atoms with E-state index in [1.54, 1.807) is 0 Å². The SMILES string of the molecule is C[C@H](NC(=O)CC(N)C1CC1)c1ccc(Br)cc1. The molecule has 3 N–H and O–H groups in total. The zero-order chi connectivity index (χ0) is 13.1. The molecule has 0 saturated heterocycles. The lowest BCUT2D eigenvalue weighted by molar-refractivity contribution is -0.122. The molecular formula is C14H19BrN2O. The van der Waals surface area contributed by atoms with Crippen LogP contribution in [0, 0.1) is 5.92 Å². The van der Waals surface area contributed by atoms with Gasteiger partial charge in [0, 0.05) is 16.9 Å². The van der Waals surface area contributed by atoms with E-state index in [9.17, 15) is 4.79 Å². The van der Waals surface area contributed by atoms with Crippen molar-refractivity contribution in [3.63, 3.8) is 0 Å². The van der Waals surface area contributed by atoms with Crippen molar-refractivity contribution in [1.82, 2.24) is 5.32 Å². The third-order valence-electron chi connectivity index (χ3n) is 3.40. The molecule has 18 heavy (non-hydrogen) atoms. The second kappa shape index (κ2) is 5.85. The summed E-state index contributed by atoms with van der Waals surface area (Å²) in [4.78, 5) is 11.8. The van der Waals surface area contributed by atoms with Gasteiger partial charge in [-0.2, -0.15) is 0 Å². The van der Waals surface area contributed by atoms with E-state index in [0.29, 0.717) is 12.3 Å². The summed E-state index contributed by atoms with van der Waals surface area (Å²) >= 11 is 3.40. The number of carbonyl (C=O) groups is 1. The van der Waals surface area contributed by atoms with Crippen LogP contribution < -0.4 is 11.1 Å². The highest BCUT2D eigenvalue weighted by molar-refractivity contribution is 9.10. The summed E-state index contributed by atoms with van der Waals surface area (Å²) in [5, 5.41) is 2.99. The van der Waals surface area contributed by atoms with Gasteiger partial charge >= 0.3 is 0 Å². The predicted octanol–water partition coefficient (Wildman–Crippen LogP) is 2.75. The number of halogens is 1. The van der Waals surface area contributed by atoms with Gasteiger partial charge in [0.2, 0.25) is 5.91 Å². The van der Waals surface area contributed by atoms with Crippen LogP contribution in [0.1, 0.15) is 37.8 Å². The van der Waals surface area contributed by atoms with Crippen LogP contribution in [0.2, 0.25) is 0 Å². The minimum atomic E-state index is 0.0250. The maximum atomic E-state index is 11.8. The van der Waals surface area contributed by atoms with Crippen molar-refractivity contribution in [2.75, 3.05) is 0 Å². The molecule has 3 nitrogen and oxygen atoms in total. The van der Waals surface area contributed by atoms with Gasteiger partial charge in [-0.15, -0.1) is 0 Å². The van der Waals surface area contributed by atoms with Crippen LogP contribution in [0.5, 0.6) is 0 Å². The molecule has 0 heterocycles. The van der Waals surface area contributed by atoms with Gasteiger partial charge in [-0.25, -0.2) is 0 Å². The Bertz CT molecular complexity index is 414. The summed E-state index contributed by atoms with van der Waals surface area (Å²) in [5.74, 6) is 0.614. The number of benzene rings is 1. The number of rotatable bonds is 5. The van der Waals surface area contributed by atoms with Crippen molar-refractivity contribution in [1.29, 1.82) is 0 Å². The van der Waals surface area contributed by atoms with E-state index in [2.05, 4.69) is 21.2 Å². The molecular weight excluding hydrogens is 292 g/mol. The second-order valence-electron chi connectivity index (χ2n) is 5.05. The molecule has 2 atom stereocenters. The Labute approximate surface area is 116 Å². The molecule has 1 aliphatic carbocycles. The van der Waals surface area contributed by atoms with Gasteiger partial charge in [0.1, 0.15) is 0 Å². The van der Waals surface area contributed by atoms with Crippen LogP contribution in [0.4, 0.5) is 0 Å². The first kappa shape index (κ1) is 13.6. The highest BCUT2D eigenvalue weighted by Gasteiger charge is 2.29. The molecule has 1 unspecified atom stereocenters. The average Bonchev–Trinajstić information content (AvgIpc) is 3.13. The summed E-state index contributed by atoms with van der Waals surface area (Å²) in [6, 6.07) is 8.03. The number of nitrogens with two attached hydrogens (primary N) is 1. The molecule has 1 aromatic carbocycles. The van der Waals surface area contributed by atoms with E-state index in [4.69, 9.17) is 5.73 Å². The van der Waals surface area contributed by atoms with Gasteiger partial charge in [-0.1, -0.05) is 28.1 Å². The van der Waals surface area contributed by atoms with Crippen LogP contribution >= 0.6 is 15.9 Å². The quantitative estimate of drug-likeness (QED) is 0.878. The van der Waals surface area contributed by atoms with Gasteiger partial charge in [0.25, 0.3) is 0 Å². The summed E-state index contributed by atoms with van der Waals surface area (Å²) < 4.78 is 1.04. The highest BCUT2D eigenvalue weighted by Crippen LogP contribution is 2.32. The van der Waals surface area contributed by atoms with Crippen molar-refractivity contribution >= 4 is 21.8 Å². The fourth-order valence-corrected chi connectivity index (χ4v) is 2.30. The summed E-state index contributed by atoms with van der Waals surface area (Å²) in [6.07, 6.45) is 2.79.